The smallest absolute Gasteiger partial charge is 0.294 e. The number of nitrogens with one attached hydrogen (secondary N) is 1. The highest BCUT2D eigenvalue weighted by atomic mass is 35.5. The zero-order valence-electron chi connectivity index (χ0n) is 17.5. The molecule has 0 saturated carbocycles. The first-order valence-electron chi connectivity index (χ1n) is 10.6. The van der Waals surface area contributed by atoms with Crippen LogP contribution in [0.3, 0.4) is 0 Å². The van der Waals surface area contributed by atoms with E-state index < -0.39 is 23.5 Å². The number of rotatable bonds is 2. The largest absolute Gasteiger partial charge is 0.333 e. The van der Waals surface area contributed by atoms with Crippen LogP contribution in [-0.2, 0) is 16.8 Å². The zero-order chi connectivity index (χ0) is 22.5. The fourth-order valence-electron chi connectivity index (χ4n) is 4.89. The average molecular weight is 449 g/mol. The number of fused-ring (bicyclic) bond motifs is 3. The molecule has 2 aromatic carbocycles. The van der Waals surface area contributed by atoms with E-state index in [9.17, 15) is 14.4 Å². The van der Waals surface area contributed by atoms with Crippen LogP contribution in [0.15, 0.2) is 54.7 Å². The number of carbonyl (C=O) groups excluding carboxylic acids is 3. The third-order valence-electron chi connectivity index (χ3n) is 6.31. The molecule has 0 unspecified atom stereocenters. The molecule has 2 heterocycles. The molecule has 1 atom stereocenters. The van der Waals surface area contributed by atoms with Gasteiger partial charge in [0.05, 0.1) is 10.7 Å². The number of nitrogens with zero attached hydrogens (tertiary/aromatic N) is 3. The number of amides is 5. The summed E-state index contributed by atoms with van der Waals surface area (Å²) < 4.78 is 0. The van der Waals surface area contributed by atoms with E-state index in [-0.39, 0.29) is 0 Å². The van der Waals surface area contributed by atoms with Crippen LogP contribution in [0.5, 0.6) is 0 Å². The van der Waals surface area contributed by atoms with E-state index in [1.165, 1.54) is 11.1 Å². The normalized spacial score (nSPS) is 19.9. The van der Waals surface area contributed by atoms with Gasteiger partial charge in [0.15, 0.2) is 5.54 Å². The molecule has 1 spiro atoms. The Labute approximate surface area is 190 Å². The maximum absolute atomic E-state index is 13.9. The topological polar surface area (TPSA) is 82.6 Å². The van der Waals surface area contributed by atoms with Crippen molar-refractivity contribution in [3.8, 4) is 0 Å². The number of anilines is 1. The Balaban J connectivity index is 1.66. The van der Waals surface area contributed by atoms with Gasteiger partial charge in [-0.15, -0.1) is 0 Å². The third-order valence-corrected chi connectivity index (χ3v) is 6.52. The quantitative estimate of drug-likeness (QED) is 0.580. The molecule has 1 aromatic heterocycles. The summed E-state index contributed by atoms with van der Waals surface area (Å²) in [7, 11) is 0. The second kappa shape index (κ2) is 7.60. The molecule has 162 valence electrons. The molecular weight excluding hydrogens is 428 g/mol. The van der Waals surface area contributed by atoms with Crippen molar-refractivity contribution in [3.63, 3.8) is 0 Å². The number of carbonyl (C=O) groups is 3. The molecule has 1 saturated heterocycles. The van der Waals surface area contributed by atoms with Gasteiger partial charge in [-0.1, -0.05) is 48.0 Å². The van der Waals surface area contributed by atoms with Crippen LogP contribution < -0.4 is 10.2 Å². The number of halogens is 1. The predicted molar refractivity (Wildman–Crippen MR) is 122 cm³/mol. The maximum Gasteiger partial charge on any atom is 0.333 e. The van der Waals surface area contributed by atoms with Gasteiger partial charge in [0.2, 0.25) is 0 Å². The Hall–Kier alpha value is -3.45. The van der Waals surface area contributed by atoms with Crippen molar-refractivity contribution in [2.24, 2.45) is 0 Å². The Kier molecular flexibility index (Phi) is 4.86. The SMILES string of the molecule is CCN(C(=O)N1C(=O)NC(=O)[C@]12CCCc1ncc(Cl)cc12)c1cccc2ccccc12. The first-order chi connectivity index (χ1) is 15.5. The van der Waals surface area contributed by atoms with Crippen LogP contribution in [-0.4, -0.2) is 34.4 Å². The van der Waals surface area contributed by atoms with Crippen LogP contribution in [0.25, 0.3) is 10.8 Å². The fraction of sp³-hybridized carbons (Fsp3) is 0.250. The van der Waals surface area contributed by atoms with Crippen molar-refractivity contribution >= 4 is 46.0 Å². The molecule has 1 fully saturated rings. The summed E-state index contributed by atoms with van der Waals surface area (Å²) in [5.41, 5.74) is 0.411. The zero-order valence-corrected chi connectivity index (χ0v) is 18.2. The number of benzene rings is 2. The molecule has 2 aliphatic rings. The molecule has 0 bridgehead atoms. The van der Waals surface area contributed by atoms with Gasteiger partial charge in [-0.2, -0.15) is 0 Å². The molecule has 0 radical (unpaired) electrons. The lowest BCUT2D eigenvalue weighted by atomic mass is 9.77. The summed E-state index contributed by atoms with van der Waals surface area (Å²) in [6, 6.07) is 13.8. The van der Waals surface area contributed by atoms with E-state index in [2.05, 4.69) is 10.3 Å². The lowest BCUT2D eigenvalue weighted by Crippen LogP contribution is -2.56. The van der Waals surface area contributed by atoms with Crippen LogP contribution in [0.2, 0.25) is 5.02 Å². The Bertz CT molecular complexity index is 1270. The van der Waals surface area contributed by atoms with E-state index in [1.54, 1.807) is 6.07 Å². The summed E-state index contributed by atoms with van der Waals surface area (Å²) in [4.78, 5) is 47.1. The van der Waals surface area contributed by atoms with Gasteiger partial charge in [0.25, 0.3) is 5.91 Å². The van der Waals surface area contributed by atoms with Crippen LogP contribution in [0.4, 0.5) is 15.3 Å². The van der Waals surface area contributed by atoms with Gasteiger partial charge >= 0.3 is 12.1 Å². The highest BCUT2D eigenvalue weighted by Gasteiger charge is 2.59. The lowest BCUT2D eigenvalue weighted by Gasteiger charge is -2.40. The summed E-state index contributed by atoms with van der Waals surface area (Å²) in [6.45, 7) is 2.16. The summed E-state index contributed by atoms with van der Waals surface area (Å²) in [5, 5.41) is 4.59. The third kappa shape index (κ3) is 2.88. The highest BCUT2D eigenvalue weighted by molar-refractivity contribution is 6.30. The molecule has 1 aliphatic heterocycles. The molecule has 5 rings (SSSR count). The van der Waals surface area contributed by atoms with Crippen molar-refractivity contribution in [1.82, 2.24) is 15.2 Å². The van der Waals surface area contributed by atoms with Crippen molar-refractivity contribution in [2.75, 3.05) is 11.4 Å². The molecule has 1 N–H and O–H groups in total. The van der Waals surface area contributed by atoms with Crippen LogP contribution >= 0.6 is 11.6 Å². The maximum atomic E-state index is 13.9. The minimum absolute atomic E-state index is 0.318. The number of urea groups is 2. The number of pyridine rings is 1. The monoisotopic (exact) mass is 448 g/mol. The Morgan fingerprint density at radius 3 is 2.81 bits per heavy atom. The van der Waals surface area contributed by atoms with Crippen molar-refractivity contribution in [1.29, 1.82) is 0 Å². The Morgan fingerprint density at radius 1 is 1.22 bits per heavy atom. The van der Waals surface area contributed by atoms with Gasteiger partial charge in [0.1, 0.15) is 0 Å². The number of aromatic nitrogens is 1. The fourth-order valence-corrected chi connectivity index (χ4v) is 5.05. The van der Waals surface area contributed by atoms with Gasteiger partial charge in [-0.05, 0) is 43.7 Å². The van der Waals surface area contributed by atoms with Crippen molar-refractivity contribution in [3.05, 3.63) is 71.0 Å². The van der Waals surface area contributed by atoms with Crippen molar-refractivity contribution in [2.45, 2.75) is 31.7 Å². The molecular formula is C24H21ClN4O3. The molecule has 5 amide bonds. The second-order valence-corrected chi connectivity index (χ2v) is 8.42. The summed E-state index contributed by atoms with van der Waals surface area (Å²) in [6.07, 6.45) is 3.11. The first kappa shape index (κ1) is 20.5. The molecule has 7 nitrogen and oxygen atoms in total. The van der Waals surface area contributed by atoms with Crippen LogP contribution in [0, 0.1) is 0 Å². The van der Waals surface area contributed by atoms with E-state index in [1.807, 2.05) is 49.4 Å². The molecule has 32 heavy (non-hydrogen) atoms. The van der Waals surface area contributed by atoms with Gasteiger partial charge < -0.3 is 0 Å². The predicted octanol–water partition coefficient (Wildman–Crippen LogP) is 4.62. The van der Waals surface area contributed by atoms with E-state index in [0.29, 0.717) is 47.8 Å². The number of hydrogen-bond acceptors (Lipinski definition) is 4. The van der Waals surface area contributed by atoms with Gasteiger partial charge in [0, 0.05) is 29.4 Å². The van der Waals surface area contributed by atoms with E-state index in [0.717, 1.165) is 15.7 Å². The molecule has 3 aromatic rings. The number of hydrogen-bond donors (Lipinski definition) is 1. The molecule has 8 heteroatoms. The first-order valence-corrected chi connectivity index (χ1v) is 10.9. The van der Waals surface area contributed by atoms with Crippen LogP contribution in [0.1, 0.15) is 31.0 Å². The standard InChI is InChI=1S/C24H21ClN4O3/c1-2-28(20-11-5-8-15-7-3-4-9-17(15)20)23(32)29-22(31)27-21(30)24(29)12-6-10-19-18(24)13-16(25)14-26-19/h3-5,7-9,11,13-14H,2,6,10,12H2,1H3,(H,27,30,31)/t24-/m1/s1. The lowest BCUT2D eigenvalue weighted by molar-refractivity contribution is -0.127. The average Bonchev–Trinajstić information content (AvgIpc) is 3.04. The van der Waals surface area contributed by atoms with E-state index >= 15 is 0 Å². The van der Waals surface area contributed by atoms with E-state index in [4.69, 9.17) is 11.6 Å². The van der Waals surface area contributed by atoms with Gasteiger partial charge in [-0.3, -0.25) is 20.0 Å². The molecule has 1 aliphatic carbocycles. The van der Waals surface area contributed by atoms with Crippen molar-refractivity contribution < 1.29 is 14.4 Å². The summed E-state index contributed by atoms with van der Waals surface area (Å²) >= 11 is 6.21. The Morgan fingerprint density at radius 2 is 2.00 bits per heavy atom. The minimum atomic E-state index is -1.46. The number of aryl methyl sites for hydroxylation is 1. The second-order valence-electron chi connectivity index (χ2n) is 7.98. The number of imide groups is 2. The highest BCUT2D eigenvalue weighted by Crippen LogP contribution is 2.44. The van der Waals surface area contributed by atoms with Gasteiger partial charge in [-0.25, -0.2) is 14.5 Å². The summed E-state index contributed by atoms with van der Waals surface area (Å²) in [5.74, 6) is -0.519. The minimum Gasteiger partial charge on any atom is -0.294 e.